The molecule has 0 fully saturated rings. The summed E-state index contributed by atoms with van der Waals surface area (Å²) in [7, 11) is 1.93. The van der Waals surface area contributed by atoms with Crippen molar-refractivity contribution in [3.63, 3.8) is 0 Å². The van der Waals surface area contributed by atoms with E-state index in [0.717, 1.165) is 11.3 Å². The van der Waals surface area contributed by atoms with Crippen molar-refractivity contribution in [2.75, 3.05) is 11.9 Å². The van der Waals surface area contributed by atoms with E-state index in [4.69, 9.17) is 0 Å². The molecule has 0 bridgehead atoms. The van der Waals surface area contributed by atoms with E-state index in [9.17, 15) is 14.4 Å². The van der Waals surface area contributed by atoms with Crippen molar-refractivity contribution in [2.24, 2.45) is 0 Å². The molecule has 0 unspecified atom stereocenters. The lowest BCUT2D eigenvalue weighted by molar-refractivity contribution is 0.627. The average Bonchev–Trinajstić information content (AvgIpc) is 2.75. The number of rotatable bonds is 4. The van der Waals surface area contributed by atoms with E-state index in [1.807, 2.05) is 42.3 Å². The van der Waals surface area contributed by atoms with Gasteiger partial charge in [-0.25, -0.2) is 4.39 Å². The zero-order valence-corrected chi connectivity index (χ0v) is 15.7. The highest BCUT2D eigenvalue weighted by atomic mass is 19.1. The smallest absolute Gasteiger partial charge is 0.207 e. The first-order valence-electron chi connectivity index (χ1n) is 9.02. The maximum Gasteiger partial charge on any atom is 0.207 e. The first-order chi connectivity index (χ1) is 14.1. The van der Waals surface area contributed by atoms with Crippen molar-refractivity contribution < 1.29 is 4.39 Å². The van der Waals surface area contributed by atoms with Gasteiger partial charge in [-0.15, -0.1) is 0 Å². The van der Waals surface area contributed by atoms with Gasteiger partial charge in [0.05, 0.1) is 5.52 Å². The number of aromatic nitrogens is 2. The molecule has 0 saturated carbocycles. The number of benzene rings is 2. The second-order valence-electron chi connectivity index (χ2n) is 6.75. The number of hydrogen-bond donors (Lipinski definition) is 0. The summed E-state index contributed by atoms with van der Waals surface area (Å²) >= 11 is 0. The van der Waals surface area contributed by atoms with Gasteiger partial charge in [0.25, 0.3) is 0 Å². The summed E-state index contributed by atoms with van der Waals surface area (Å²) in [4.78, 5) is 18.9. The van der Waals surface area contributed by atoms with E-state index in [0.29, 0.717) is 23.1 Å². The molecule has 4 aromatic rings. The molecule has 0 radical (unpaired) electrons. The minimum Gasteiger partial charge on any atom is -0.370 e. The highest BCUT2D eigenvalue weighted by Gasteiger charge is 2.12. The van der Waals surface area contributed by atoms with Crippen molar-refractivity contribution >= 4 is 16.6 Å². The zero-order valence-electron chi connectivity index (χ0n) is 15.7. The molecule has 5 nitrogen and oxygen atoms in total. The Morgan fingerprint density at radius 1 is 1.17 bits per heavy atom. The van der Waals surface area contributed by atoms with Gasteiger partial charge < -0.3 is 9.47 Å². The minimum atomic E-state index is -0.348. The highest BCUT2D eigenvalue weighted by molar-refractivity contribution is 5.85. The minimum absolute atomic E-state index is 0.0360. The largest absolute Gasteiger partial charge is 0.370 e. The van der Waals surface area contributed by atoms with Gasteiger partial charge in [-0.2, -0.15) is 5.26 Å². The van der Waals surface area contributed by atoms with Crippen LogP contribution in [0, 0.1) is 17.1 Å². The van der Waals surface area contributed by atoms with E-state index in [-0.39, 0.29) is 16.8 Å². The molecule has 0 aliphatic carbocycles. The number of fused-ring (bicyclic) bond motifs is 1. The molecule has 0 saturated heterocycles. The number of hydrogen-bond acceptors (Lipinski definition) is 4. The number of halogens is 1. The van der Waals surface area contributed by atoms with Crippen LogP contribution in [0.25, 0.3) is 16.6 Å². The molecule has 142 valence electrons. The van der Waals surface area contributed by atoms with Crippen LogP contribution >= 0.6 is 0 Å². The molecule has 0 spiro atoms. The van der Waals surface area contributed by atoms with Crippen molar-refractivity contribution in [1.29, 1.82) is 5.26 Å². The van der Waals surface area contributed by atoms with Gasteiger partial charge in [0.1, 0.15) is 17.4 Å². The lowest BCUT2D eigenvalue weighted by atomic mass is 10.1. The maximum absolute atomic E-state index is 13.3. The SMILES string of the molecule is CN(Cc1cccnc1)c1ccc2c(c1)c(=O)c(C#N)cn2-c1ccc(F)cc1. The summed E-state index contributed by atoms with van der Waals surface area (Å²) in [6.45, 7) is 0.628. The number of anilines is 1. The van der Waals surface area contributed by atoms with E-state index in [1.165, 1.54) is 18.3 Å². The predicted octanol–water partition coefficient (Wildman–Crippen LogP) is 4.03. The van der Waals surface area contributed by atoms with Crippen LogP contribution in [-0.4, -0.2) is 16.6 Å². The molecular formula is C23H17FN4O. The van der Waals surface area contributed by atoms with Gasteiger partial charge in [0.15, 0.2) is 0 Å². The molecule has 29 heavy (non-hydrogen) atoms. The first-order valence-corrected chi connectivity index (χ1v) is 9.02. The van der Waals surface area contributed by atoms with Crippen LogP contribution < -0.4 is 10.3 Å². The summed E-state index contributed by atoms with van der Waals surface area (Å²) in [5.41, 5.74) is 2.93. The summed E-state index contributed by atoms with van der Waals surface area (Å²) in [6.07, 6.45) is 5.02. The van der Waals surface area contributed by atoms with E-state index < -0.39 is 0 Å². The van der Waals surface area contributed by atoms with Gasteiger partial charge in [-0.3, -0.25) is 9.78 Å². The van der Waals surface area contributed by atoms with Crippen molar-refractivity contribution in [2.45, 2.75) is 6.54 Å². The summed E-state index contributed by atoms with van der Waals surface area (Å²) in [5.74, 6) is -0.348. The Labute approximate surface area is 166 Å². The Balaban J connectivity index is 1.84. The third-order valence-corrected chi connectivity index (χ3v) is 4.80. The first kappa shape index (κ1) is 18.4. The molecule has 0 N–H and O–H groups in total. The molecule has 0 amide bonds. The number of pyridine rings is 2. The predicted molar refractivity (Wildman–Crippen MR) is 111 cm³/mol. The fraction of sp³-hybridized carbons (Fsp3) is 0.0870. The zero-order chi connectivity index (χ0) is 20.4. The normalized spacial score (nSPS) is 10.7. The van der Waals surface area contributed by atoms with Gasteiger partial charge in [0.2, 0.25) is 5.43 Å². The monoisotopic (exact) mass is 384 g/mol. The molecule has 4 rings (SSSR count). The molecular weight excluding hydrogens is 367 g/mol. The Kier molecular flexibility index (Phi) is 4.80. The molecule has 6 heteroatoms. The van der Waals surface area contributed by atoms with E-state index in [2.05, 4.69) is 4.98 Å². The van der Waals surface area contributed by atoms with Crippen LogP contribution in [-0.2, 0) is 6.54 Å². The second kappa shape index (κ2) is 7.56. The third kappa shape index (κ3) is 3.58. The summed E-state index contributed by atoms with van der Waals surface area (Å²) in [5, 5.41) is 9.86. The Morgan fingerprint density at radius 2 is 1.97 bits per heavy atom. The van der Waals surface area contributed by atoms with Crippen LogP contribution in [0.3, 0.4) is 0 Å². The van der Waals surface area contributed by atoms with Gasteiger partial charge in [-0.05, 0) is 54.1 Å². The fourth-order valence-corrected chi connectivity index (χ4v) is 3.31. The molecule has 0 aliphatic heterocycles. The molecule has 0 atom stereocenters. The van der Waals surface area contributed by atoms with Gasteiger partial charge in [0, 0.05) is 48.9 Å². The molecule has 2 aromatic heterocycles. The average molecular weight is 384 g/mol. The Bertz CT molecular complexity index is 1270. The third-order valence-electron chi connectivity index (χ3n) is 4.80. The standard InChI is InChI=1S/C23H17FN4O/c1-27(14-16-3-2-10-26-13-16)20-8-9-22-21(11-20)23(29)17(12-25)15-28(22)19-6-4-18(24)5-7-19/h2-11,13,15H,14H2,1H3. The second-order valence-corrected chi connectivity index (χ2v) is 6.75. The van der Waals surface area contributed by atoms with Crippen LogP contribution in [0.15, 0.2) is 78.0 Å². The number of nitriles is 1. The van der Waals surface area contributed by atoms with Crippen molar-refractivity contribution in [3.05, 3.63) is 100 Å². The van der Waals surface area contributed by atoms with Gasteiger partial charge >= 0.3 is 0 Å². The molecule has 2 heterocycles. The van der Waals surface area contributed by atoms with Crippen LogP contribution in [0.4, 0.5) is 10.1 Å². The Morgan fingerprint density at radius 3 is 2.66 bits per heavy atom. The number of nitrogens with zero attached hydrogens (tertiary/aromatic N) is 4. The van der Waals surface area contributed by atoms with E-state index in [1.54, 1.807) is 35.2 Å². The maximum atomic E-state index is 13.3. The highest BCUT2D eigenvalue weighted by Crippen LogP contribution is 2.24. The van der Waals surface area contributed by atoms with Crippen molar-refractivity contribution in [1.82, 2.24) is 9.55 Å². The quantitative estimate of drug-likeness (QED) is 0.533. The van der Waals surface area contributed by atoms with Crippen LogP contribution in [0.5, 0.6) is 0 Å². The van der Waals surface area contributed by atoms with Gasteiger partial charge in [-0.1, -0.05) is 6.07 Å². The fourth-order valence-electron chi connectivity index (χ4n) is 3.31. The lowest BCUT2D eigenvalue weighted by Crippen LogP contribution is -2.18. The molecule has 0 aliphatic rings. The topological polar surface area (TPSA) is 61.9 Å². The van der Waals surface area contributed by atoms with Crippen LogP contribution in [0.2, 0.25) is 0 Å². The van der Waals surface area contributed by atoms with E-state index >= 15 is 0 Å². The summed E-state index contributed by atoms with van der Waals surface area (Å²) in [6, 6.07) is 17.3. The van der Waals surface area contributed by atoms with Crippen molar-refractivity contribution in [3.8, 4) is 11.8 Å². The Hall–Kier alpha value is -3.98. The molecule has 2 aromatic carbocycles. The summed E-state index contributed by atoms with van der Waals surface area (Å²) < 4.78 is 15.1. The lowest BCUT2D eigenvalue weighted by Gasteiger charge is -2.20. The van der Waals surface area contributed by atoms with Crippen LogP contribution in [0.1, 0.15) is 11.1 Å².